The topological polar surface area (TPSA) is 43.6 Å². The molecule has 0 atom stereocenters. The second kappa shape index (κ2) is 3.01. The third-order valence-electron chi connectivity index (χ3n) is 2.42. The Labute approximate surface area is 94.5 Å². The Morgan fingerprint density at radius 3 is 3.21 bits per heavy atom. The minimum atomic E-state index is 0.802. The molecule has 1 aliphatic rings. The molecule has 0 spiro atoms. The Hall–Kier alpha value is -0.980. The summed E-state index contributed by atoms with van der Waals surface area (Å²) >= 11 is 2.20. The summed E-state index contributed by atoms with van der Waals surface area (Å²) in [6, 6.07) is 4.07. The first-order valence-electron chi connectivity index (χ1n) is 4.35. The highest BCUT2D eigenvalue weighted by Gasteiger charge is 2.19. The number of nitrogens with zero attached hydrogens (tertiary/aromatic N) is 4. The molecule has 3 rings (SSSR count). The average Bonchev–Trinajstić information content (AvgIpc) is 2.57. The number of hydrogen-bond acceptors (Lipinski definition) is 3. The number of halogens is 1. The summed E-state index contributed by atoms with van der Waals surface area (Å²) in [4.78, 5) is 4.36. The molecule has 0 amide bonds. The van der Waals surface area contributed by atoms with Crippen molar-refractivity contribution in [1.82, 2.24) is 19.7 Å². The van der Waals surface area contributed by atoms with Gasteiger partial charge in [0.25, 0.3) is 0 Å². The minimum absolute atomic E-state index is 0.802. The first-order chi connectivity index (χ1) is 6.84. The Morgan fingerprint density at radius 2 is 2.29 bits per heavy atom. The quantitative estimate of drug-likeness (QED) is 0.586. The van der Waals surface area contributed by atoms with Crippen molar-refractivity contribution >= 4 is 22.6 Å². The van der Waals surface area contributed by atoms with Crippen LogP contribution in [0.1, 0.15) is 17.1 Å². The van der Waals surface area contributed by atoms with Gasteiger partial charge in [-0.05, 0) is 11.6 Å². The Morgan fingerprint density at radius 1 is 1.36 bits per heavy atom. The lowest BCUT2D eigenvalue weighted by Gasteiger charge is -2.16. The van der Waals surface area contributed by atoms with Crippen molar-refractivity contribution in [2.45, 2.75) is 13.0 Å². The van der Waals surface area contributed by atoms with E-state index in [-0.39, 0.29) is 0 Å². The maximum Gasteiger partial charge on any atom is 0.194 e. The summed E-state index contributed by atoms with van der Waals surface area (Å²) in [5.74, 6) is 1.04. The molecule has 5 heteroatoms. The molecule has 0 N–H and O–H groups in total. The van der Waals surface area contributed by atoms with Crippen molar-refractivity contribution in [3.05, 3.63) is 39.2 Å². The molecule has 2 aromatic heterocycles. The van der Waals surface area contributed by atoms with Gasteiger partial charge in [-0.25, -0.2) is 0 Å². The molecule has 4 nitrogen and oxygen atoms in total. The van der Waals surface area contributed by atoms with Gasteiger partial charge in [0.2, 0.25) is 0 Å². The van der Waals surface area contributed by atoms with Gasteiger partial charge in [0.1, 0.15) is 5.82 Å². The maximum absolute atomic E-state index is 4.36. The third kappa shape index (κ3) is 1.15. The van der Waals surface area contributed by atoms with E-state index in [0.717, 1.165) is 28.3 Å². The summed E-state index contributed by atoms with van der Waals surface area (Å²) in [6.07, 6.45) is 2.68. The van der Waals surface area contributed by atoms with Crippen LogP contribution in [-0.2, 0) is 13.0 Å². The van der Waals surface area contributed by atoms with Crippen molar-refractivity contribution < 1.29 is 0 Å². The predicted molar refractivity (Wildman–Crippen MR) is 58.9 cm³/mol. The van der Waals surface area contributed by atoms with Crippen molar-refractivity contribution in [3.8, 4) is 0 Å². The van der Waals surface area contributed by atoms with Crippen LogP contribution in [0.15, 0.2) is 18.3 Å². The van der Waals surface area contributed by atoms with Gasteiger partial charge >= 0.3 is 0 Å². The largest absolute Gasteiger partial charge is 0.300 e. The van der Waals surface area contributed by atoms with Gasteiger partial charge in [-0.1, -0.05) is 6.07 Å². The molecule has 0 bridgehead atoms. The Kier molecular flexibility index (Phi) is 1.79. The van der Waals surface area contributed by atoms with Gasteiger partial charge in [-0.15, -0.1) is 10.2 Å². The summed E-state index contributed by atoms with van der Waals surface area (Å²) < 4.78 is 3.05. The molecule has 0 fully saturated rings. The molecule has 3 heterocycles. The van der Waals surface area contributed by atoms with Gasteiger partial charge in [0.05, 0.1) is 12.2 Å². The van der Waals surface area contributed by atoms with Crippen LogP contribution in [0.3, 0.4) is 0 Å². The number of hydrogen-bond donors (Lipinski definition) is 0. The highest BCUT2D eigenvalue weighted by Crippen LogP contribution is 2.20. The van der Waals surface area contributed by atoms with E-state index in [4.69, 9.17) is 0 Å². The van der Waals surface area contributed by atoms with E-state index in [1.165, 1.54) is 5.56 Å². The van der Waals surface area contributed by atoms with E-state index in [2.05, 4.69) is 48.4 Å². The molecular weight excluding hydrogens is 291 g/mol. The monoisotopic (exact) mass is 298 g/mol. The van der Waals surface area contributed by atoms with Crippen molar-refractivity contribution in [1.29, 1.82) is 0 Å². The second-order valence-electron chi connectivity index (χ2n) is 3.26. The molecule has 14 heavy (non-hydrogen) atoms. The zero-order valence-corrected chi connectivity index (χ0v) is 9.47. The van der Waals surface area contributed by atoms with E-state index >= 15 is 0 Å². The minimum Gasteiger partial charge on any atom is -0.300 e. The molecule has 2 aromatic rings. The standard InChI is InChI=1S/C9H7IN4/c10-9-13-12-8-4-6-2-1-3-11-7(6)5-14(8)9/h1-3H,4-5H2. The molecular formula is C9H7IN4. The van der Waals surface area contributed by atoms with Crippen LogP contribution in [0.25, 0.3) is 0 Å². The van der Waals surface area contributed by atoms with Gasteiger partial charge in [-0.2, -0.15) is 0 Å². The smallest absolute Gasteiger partial charge is 0.194 e. The number of aromatic nitrogens is 4. The molecule has 0 unspecified atom stereocenters. The predicted octanol–water partition coefficient (Wildman–Crippen LogP) is 1.23. The van der Waals surface area contributed by atoms with Gasteiger partial charge in [0, 0.05) is 35.2 Å². The SMILES string of the molecule is Ic1nnc2n1Cc1ncccc1C2. The highest BCUT2D eigenvalue weighted by atomic mass is 127. The van der Waals surface area contributed by atoms with Crippen LogP contribution in [0.5, 0.6) is 0 Å². The van der Waals surface area contributed by atoms with Crippen LogP contribution in [0.4, 0.5) is 0 Å². The van der Waals surface area contributed by atoms with Gasteiger partial charge < -0.3 is 4.57 Å². The zero-order chi connectivity index (χ0) is 9.54. The number of rotatable bonds is 0. The first kappa shape index (κ1) is 8.34. The molecule has 0 radical (unpaired) electrons. The summed E-state index contributed by atoms with van der Waals surface area (Å²) in [5.41, 5.74) is 2.40. The van der Waals surface area contributed by atoms with E-state index in [1.807, 2.05) is 12.3 Å². The lowest BCUT2D eigenvalue weighted by Crippen LogP contribution is -2.16. The van der Waals surface area contributed by atoms with Crippen LogP contribution < -0.4 is 0 Å². The summed E-state index contributed by atoms with van der Waals surface area (Å²) in [6.45, 7) is 0.802. The van der Waals surface area contributed by atoms with E-state index in [9.17, 15) is 0 Å². The zero-order valence-electron chi connectivity index (χ0n) is 7.31. The second-order valence-corrected chi connectivity index (χ2v) is 4.22. The molecule has 0 aromatic carbocycles. The van der Waals surface area contributed by atoms with Crippen LogP contribution in [-0.4, -0.2) is 19.7 Å². The molecule has 1 aliphatic heterocycles. The van der Waals surface area contributed by atoms with Gasteiger partial charge in [-0.3, -0.25) is 4.98 Å². The molecule has 70 valence electrons. The van der Waals surface area contributed by atoms with Gasteiger partial charge in [0.15, 0.2) is 3.83 Å². The van der Waals surface area contributed by atoms with Crippen LogP contribution in [0.2, 0.25) is 0 Å². The van der Waals surface area contributed by atoms with E-state index in [1.54, 1.807) is 0 Å². The van der Waals surface area contributed by atoms with Crippen LogP contribution in [0, 0.1) is 3.83 Å². The number of fused-ring (bicyclic) bond motifs is 2. The normalized spacial score (nSPS) is 13.5. The van der Waals surface area contributed by atoms with Crippen molar-refractivity contribution in [2.24, 2.45) is 0 Å². The Balaban J connectivity index is 2.14. The lowest BCUT2D eigenvalue weighted by molar-refractivity contribution is 0.668. The van der Waals surface area contributed by atoms with Crippen molar-refractivity contribution in [3.63, 3.8) is 0 Å². The lowest BCUT2D eigenvalue weighted by atomic mass is 10.1. The Bertz CT molecular complexity index is 491. The fourth-order valence-electron chi connectivity index (χ4n) is 1.70. The van der Waals surface area contributed by atoms with E-state index < -0.39 is 0 Å². The average molecular weight is 298 g/mol. The van der Waals surface area contributed by atoms with Crippen molar-refractivity contribution in [2.75, 3.05) is 0 Å². The highest BCUT2D eigenvalue weighted by molar-refractivity contribution is 14.1. The first-order valence-corrected chi connectivity index (χ1v) is 5.43. The van der Waals surface area contributed by atoms with E-state index in [0.29, 0.717) is 0 Å². The third-order valence-corrected chi connectivity index (χ3v) is 3.22. The molecule has 0 saturated heterocycles. The molecule has 0 aliphatic carbocycles. The summed E-state index contributed by atoms with van der Waals surface area (Å²) in [5, 5.41) is 8.19. The maximum atomic E-state index is 4.36. The summed E-state index contributed by atoms with van der Waals surface area (Å²) in [7, 11) is 0. The molecule has 0 saturated carbocycles. The fraction of sp³-hybridized carbons (Fsp3) is 0.222. The number of pyridine rings is 1. The van der Waals surface area contributed by atoms with Crippen LogP contribution >= 0.6 is 22.6 Å². The fourth-order valence-corrected chi connectivity index (χ4v) is 2.25.